The van der Waals surface area contributed by atoms with Crippen molar-refractivity contribution in [2.75, 3.05) is 6.61 Å². The van der Waals surface area contributed by atoms with Crippen LogP contribution in [0, 0.1) is 17.8 Å². The number of carbonyl (C=O) groups excluding carboxylic acids is 2. The molecule has 0 amide bonds. The van der Waals surface area contributed by atoms with E-state index in [1.54, 1.807) is 32.1 Å². The Morgan fingerprint density at radius 1 is 1.04 bits per heavy atom. The second-order valence-electron chi connectivity index (χ2n) is 14.7. The van der Waals surface area contributed by atoms with Crippen LogP contribution in [0.15, 0.2) is 48.1 Å². The molecule has 1 unspecified atom stereocenters. The van der Waals surface area contributed by atoms with Crippen molar-refractivity contribution in [3.05, 3.63) is 48.1 Å². The highest BCUT2D eigenvalue weighted by Crippen LogP contribution is 2.73. The minimum Gasteiger partial charge on any atom is -0.459 e. The van der Waals surface area contributed by atoms with E-state index in [1.165, 1.54) is 51.9 Å². The fourth-order valence-corrected chi connectivity index (χ4v) is 9.55. The predicted octanol–water partition coefficient (Wildman–Crippen LogP) is 4.36. The first-order chi connectivity index (χ1) is 22.3. The molecule has 0 radical (unpaired) electrons. The van der Waals surface area contributed by atoms with Gasteiger partial charge in [-0.05, 0) is 37.8 Å². The molecule has 0 aromatic carbocycles. The monoisotopic (exact) mass is 656 g/mol. The molecule has 0 spiro atoms. The topological polar surface area (TPSA) is 144 Å². The van der Waals surface area contributed by atoms with Gasteiger partial charge in [-0.25, -0.2) is 0 Å². The van der Waals surface area contributed by atoms with Gasteiger partial charge < -0.3 is 39.0 Å². The molecule has 10 nitrogen and oxygen atoms in total. The lowest BCUT2D eigenvalue weighted by Crippen LogP contribution is -2.76. The molecule has 0 aromatic rings. The van der Waals surface area contributed by atoms with Crippen molar-refractivity contribution in [3.63, 3.8) is 0 Å². The quantitative estimate of drug-likeness (QED) is 0.0811. The smallest absolute Gasteiger partial charge is 0.307 e. The second-order valence-corrected chi connectivity index (χ2v) is 14.7. The van der Waals surface area contributed by atoms with Gasteiger partial charge in [0.05, 0.1) is 12.2 Å². The minimum absolute atomic E-state index is 0.252. The van der Waals surface area contributed by atoms with Gasteiger partial charge in [-0.1, -0.05) is 89.7 Å². The third kappa shape index (κ3) is 4.84. The fourth-order valence-electron chi connectivity index (χ4n) is 9.55. The summed E-state index contributed by atoms with van der Waals surface area (Å²) in [7, 11) is 0. The fraction of sp³-hybridized carbons (Fsp3) is 0.730. The van der Waals surface area contributed by atoms with E-state index in [2.05, 4.69) is 19.6 Å². The van der Waals surface area contributed by atoms with Crippen LogP contribution < -0.4 is 0 Å². The first-order valence-corrected chi connectivity index (χ1v) is 17.5. The molecule has 3 saturated heterocycles. The number of unbranched alkanes of at least 4 members (excludes halogenated alkanes) is 8. The van der Waals surface area contributed by atoms with E-state index in [9.17, 15) is 24.9 Å². The largest absolute Gasteiger partial charge is 0.459 e. The van der Waals surface area contributed by atoms with Crippen LogP contribution in [-0.4, -0.2) is 86.5 Å². The molecule has 10 heteroatoms. The molecule has 0 aromatic heterocycles. The number of allylic oxidation sites excluding steroid dienone is 3. The molecule has 12 atom stereocenters. The summed E-state index contributed by atoms with van der Waals surface area (Å²) in [5.74, 6) is -5.58. The van der Waals surface area contributed by atoms with Crippen molar-refractivity contribution in [3.8, 4) is 0 Å². The average molecular weight is 657 g/mol. The van der Waals surface area contributed by atoms with Gasteiger partial charge in [-0.15, -0.1) is 0 Å². The number of ether oxygens (including phenoxy) is 5. The number of esters is 1. The van der Waals surface area contributed by atoms with Gasteiger partial charge in [0.1, 0.15) is 30.0 Å². The van der Waals surface area contributed by atoms with Crippen LogP contribution >= 0.6 is 0 Å². The number of fused-ring (bicyclic) bond motifs is 3. The van der Waals surface area contributed by atoms with Crippen LogP contribution in [0.5, 0.6) is 0 Å². The van der Waals surface area contributed by atoms with Gasteiger partial charge in [-0.2, -0.15) is 0 Å². The number of aliphatic hydroxyl groups is 3. The first-order valence-electron chi connectivity index (χ1n) is 17.5. The maximum absolute atomic E-state index is 13.7. The Morgan fingerprint density at radius 2 is 1.72 bits per heavy atom. The zero-order valence-corrected chi connectivity index (χ0v) is 28.4. The number of ketones is 1. The summed E-state index contributed by atoms with van der Waals surface area (Å²) in [6, 6.07) is 0. The Balaban J connectivity index is 1.35. The molecule has 3 aliphatic heterocycles. The van der Waals surface area contributed by atoms with E-state index in [0.29, 0.717) is 5.57 Å². The third-order valence-corrected chi connectivity index (χ3v) is 11.8. The molecule has 3 aliphatic carbocycles. The Bertz CT molecular complexity index is 1370. The summed E-state index contributed by atoms with van der Waals surface area (Å²) in [6.45, 7) is 12.3. The highest BCUT2D eigenvalue weighted by atomic mass is 16.9. The summed E-state index contributed by atoms with van der Waals surface area (Å²) in [6.07, 6.45) is 15.5. The molecule has 6 rings (SSSR count). The lowest BCUT2D eigenvalue weighted by atomic mass is 9.53. The van der Waals surface area contributed by atoms with Crippen molar-refractivity contribution in [1.29, 1.82) is 0 Å². The maximum Gasteiger partial charge on any atom is 0.307 e. The Hall–Kier alpha value is -2.18. The number of Topliss-reactive ketones (excluding diaryl/α,β-unsaturated/α-hetero) is 1. The van der Waals surface area contributed by atoms with Gasteiger partial charge >= 0.3 is 11.9 Å². The average Bonchev–Trinajstić information content (AvgIpc) is 3.66. The molecule has 2 saturated carbocycles. The Kier molecular flexibility index (Phi) is 9.07. The normalized spacial score (nSPS) is 45.9. The minimum atomic E-state index is -2.38. The van der Waals surface area contributed by atoms with Crippen molar-refractivity contribution in [2.24, 2.45) is 17.8 Å². The second kappa shape index (κ2) is 12.3. The molecule has 260 valence electrons. The molecular weight excluding hydrogens is 604 g/mol. The van der Waals surface area contributed by atoms with Crippen molar-refractivity contribution >= 4 is 11.8 Å². The number of aliphatic hydroxyl groups excluding tert-OH is 2. The van der Waals surface area contributed by atoms with Crippen molar-refractivity contribution in [2.45, 2.75) is 145 Å². The Morgan fingerprint density at radius 3 is 2.36 bits per heavy atom. The van der Waals surface area contributed by atoms with E-state index in [4.69, 9.17) is 23.7 Å². The molecule has 3 bridgehead atoms. The lowest BCUT2D eigenvalue weighted by molar-refractivity contribution is -0.407. The third-order valence-electron chi connectivity index (χ3n) is 11.8. The first kappa shape index (κ1) is 34.7. The van der Waals surface area contributed by atoms with E-state index in [1.807, 2.05) is 13.0 Å². The molecule has 3 N–H and O–H groups in total. The zero-order chi connectivity index (χ0) is 34.0. The SMILES string of the molecule is C=C(C)[C@@]12OC3(/C=C/C=C/CCCCCCCCCC)O[C@@H]1[C@@H]1[C@@H]4O[C@]4(CO)[C@@H](O)[C@]4(O)C(=O)C(C)=C[C@H]4[C@@]1(O3)[C@H](C)[C@H]2OC(C)=O. The zero-order valence-electron chi connectivity index (χ0n) is 28.4. The summed E-state index contributed by atoms with van der Waals surface area (Å²) in [4.78, 5) is 26.4. The molecule has 6 aliphatic rings. The highest BCUT2D eigenvalue weighted by Gasteiger charge is 2.90. The van der Waals surface area contributed by atoms with Crippen LogP contribution in [0.4, 0.5) is 0 Å². The van der Waals surface area contributed by atoms with Gasteiger partial charge in [0, 0.05) is 30.8 Å². The number of hydrogen-bond donors (Lipinski definition) is 3. The molecular formula is C37H52O10. The van der Waals surface area contributed by atoms with E-state index >= 15 is 0 Å². The maximum atomic E-state index is 13.7. The van der Waals surface area contributed by atoms with Gasteiger partial charge in [0.25, 0.3) is 0 Å². The van der Waals surface area contributed by atoms with Crippen LogP contribution in [0.2, 0.25) is 0 Å². The number of rotatable bonds is 14. The number of carbonyl (C=O) groups is 2. The Labute approximate surface area is 277 Å². The summed E-state index contributed by atoms with van der Waals surface area (Å²) >= 11 is 0. The van der Waals surface area contributed by atoms with E-state index < -0.39 is 88.9 Å². The van der Waals surface area contributed by atoms with Crippen LogP contribution in [0.3, 0.4) is 0 Å². The van der Waals surface area contributed by atoms with Crippen LogP contribution in [0.25, 0.3) is 0 Å². The number of epoxide rings is 1. The van der Waals surface area contributed by atoms with E-state index in [0.717, 1.165) is 12.8 Å². The van der Waals surface area contributed by atoms with E-state index in [-0.39, 0.29) is 5.57 Å². The summed E-state index contributed by atoms with van der Waals surface area (Å²) in [5.41, 5.74) is -6.13. The predicted molar refractivity (Wildman–Crippen MR) is 172 cm³/mol. The standard InChI is InChI=1S/C37H52O10/c1-7-8-9-10-11-12-13-14-15-16-17-18-19-34-45-31-27-30-33(21-38,44-30)32(41)35(42)26(20-23(4)28(35)40)37(27,47-34)24(5)29(43-25(6)39)36(31,46-34)22(2)3/h16-20,24,26-27,29-32,38,41-42H,2,7-15,21H2,1,3-6H3/b17-16+,19-18+/t24-,26-,27+,29-,30+,31-,32-,33+,34?,35-,36+,37+/m1/s1. The van der Waals surface area contributed by atoms with Crippen LogP contribution in [-0.2, 0) is 33.3 Å². The highest BCUT2D eigenvalue weighted by molar-refractivity contribution is 6.05. The lowest BCUT2D eigenvalue weighted by Gasteiger charge is -2.61. The van der Waals surface area contributed by atoms with Gasteiger partial charge in [-0.3, -0.25) is 9.59 Å². The molecule has 5 fully saturated rings. The van der Waals surface area contributed by atoms with Crippen molar-refractivity contribution < 1.29 is 48.6 Å². The van der Waals surface area contributed by atoms with Gasteiger partial charge in [0.2, 0.25) is 0 Å². The van der Waals surface area contributed by atoms with Crippen LogP contribution in [0.1, 0.15) is 92.4 Å². The molecule has 47 heavy (non-hydrogen) atoms. The summed E-state index contributed by atoms with van der Waals surface area (Å²) < 4.78 is 32.6. The number of hydrogen-bond acceptors (Lipinski definition) is 10. The summed E-state index contributed by atoms with van der Waals surface area (Å²) in [5, 5.41) is 34.6. The molecule has 3 heterocycles. The van der Waals surface area contributed by atoms with Gasteiger partial charge in [0.15, 0.2) is 17.0 Å². The van der Waals surface area contributed by atoms with Crippen molar-refractivity contribution in [1.82, 2.24) is 0 Å².